The van der Waals surface area contributed by atoms with Gasteiger partial charge in [0.15, 0.2) is 0 Å². The first-order valence-electron chi connectivity index (χ1n) is 9.84. The van der Waals surface area contributed by atoms with Gasteiger partial charge >= 0.3 is 6.03 Å². The van der Waals surface area contributed by atoms with Crippen LogP contribution in [0, 0.1) is 11.7 Å². The molecule has 0 aromatic heterocycles. The molecule has 1 fully saturated rings. The molecule has 1 aliphatic rings. The molecule has 0 unspecified atom stereocenters. The van der Waals surface area contributed by atoms with E-state index in [1.807, 2.05) is 18.2 Å². The average molecular weight is 412 g/mol. The Hall–Kier alpha value is -3.42. The highest BCUT2D eigenvalue weighted by atomic mass is 19.1. The van der Waals surface area contributed by atoms with Gasteiger partial charge in [0.2, 0.25) is 11.8 Å². The molecule has 2 N–H and O–H groups in total. The van der Waals surface area contributed by atoms with Crippen LogP contribution in [0.2, 0.25) is 0 Å². The molecule has 0 saturated carbocycles. The minimum absolute atomic E-state index is 0.122. The molecule has 1 heterocycles. The third-order valence-electron chi connectivity index (χ3n) is 4.97. The van der Waals surface area contributed by atoms with Crippen LogP contribution in [0.4, 0.5) is 20.6 Å². The molecule has 158 valence electrons. The molecule has 8 heteroatoms. The molecule has 3 rings (SSSR count). The lowest BCUT2D eigenvalue weighted by atomic mass is 9.97. The summed E-state index contributed by atoms with van der Waals surface area (Å²) < 4.78 is 13.0. The van der Waals surface area contributed by atoms with Crippen molar-refractivity contribution in [2.24, 2.45) is 5.92 Å². The number of urea groups is 1. The van der Waals surface area contributed by atoms with Crippen LogP contribution < -0.4 is 10.6 Å². The first-order chi connectivity index (χ1) is 14.4. The smallest absolute Gasteiger partial charge is 0.321 e. The van der Waals surface area contributed by atoms with Crippen LogP contribution in [0.25, 0.3) is 0 Å². The normalized spacial score (nSPS) is 15.9. The Bertz CT molecular complexity index is 889. The Morgan fingerprint density at radius 2 is 1.70 bits per heavy atom. The zero-order valence-electron chi connectivity index (χ0n) is 16.8. The number of nitrogens with one attached hydrogen (secondary N) is 2. The van der Waals surface area contributed by atoms with Crippen molar-refractivity contribution in [3.63, 3.8) is 0 Å². The number of benzene rings is 2. The highest BCUT2D eigenvalue weighted by Gasteiger charge is 2.30. The lowest BCUT2D eigenvalue weighted by molar-refractivity contribution is -0.138. The van der Waals surface area contributed by atoms with E-state index < -0.39 is 5.82 Å². The summed E-state index contributed by atoms with van der Waals surface area (Å²) in [6, 6.07) is 14.3. The number of para-hydroxylation sites is 1. The maximum Gasteiger partial charge on any atom is 0.321 e. The van der Waals surface area contributed by atoms with Gasteiger partial charge in [-0.25, -0.2) is 9.18 Å². The van der Waals surface area contributed by atoms with Crippen molar-refractivity contribution in [2.75, 3.05) is 37.3 Å². The summed E-state index contributed by atoms with van der Waals surface area (Å²) in [5.41, 5.74) is 1.16. The monoisotopic (exact) mass is 412 g/mol. The van der Waals surface area contributed by atoms with Crippen molar-refractivity contribution >= 4 is 29.2 Å². The molecule has 0 aliphatic carbocycles. The number of hydrogen-bond acceptors (Lipinski definition) is 3. The zero-order chi connectivity index (χ0) is 21.5. The molecule has 2 aromatic carbocycles. The quantitative estimate of drug-likeness (QED) is 0.792. The van der Waals surface area contributed by atoms with E-state index in [9.17, 15) is 18.8 Å². The standard InChI is InChI=1S/C22H25FN4O3/c1-26(15-20(28)24-19-11-9-17(23)10-12-19)21(29)16-6-5-13-27(14-16)22(30)25-18-7-3-2-4-8-18/h2-4,7-12,16H,5-6,13-15H2,1H3,(H,24,28)(H,25,30)/t16-/m1/s1. The molecule has 1 atom stereocenters. The molecule has 7 nitrogen and oxygen atoms in total. The zero-order valence-corrected chi connectivity index (χ0v) is 16.8. The Morgan fingerprint density at radius 1 is 1.03 bits per heavy atom. The van der Waals surface area contributed by atoms with Crippen LogP contribution in [0.5, 0.6) is 0 Å². The van der Waals surface area contributed by atoms with E-state index in [0.717, 1.165) is 0 Å². The second kappa shape index (κ2) is 9.87. The summed E-state index contributed by atoms with van der Waals surface area (Å²) in [4.78, 5) is 40.5. The Kier molecular flexibility index (Phi) is 7.00. The number of hydrogen-bond donors (Lipinski definition) is 2. The second-order valence-corrected chi connectivity index (χ2v) is 7.33. The molecule has 0 radical (unpaired) electrons. The number of piperidine rings is 1. The van der Waals surface area contributed by atoms with Gasteiger partial charge in [-0.2, -0.15) is 0 Å². The third-order valence-corrected chi connectivity index (χ3v) is 4.97. The summed E-state index contributed by atoms with van der Waals surface area (Å²) in [7, 11) is 1.57. The van der Waals surface area contributed by atoms with Gasteiger partial charge in [-0.3, -0.25) is 9.59 Å². The number of likely N-dealkylation sites (tertiary alicyclic amines) is 1. The molecule has 30 heavy (non-hydrogen) atoms. The number of carbonyl (C=O) groups is 3. The summed E-state index contributed by atoms with van der Waals surface area (Å²) in [6.45, 7) is 0.765. The van der Waals surface area contributed by atoms with Crippen LogP contribution in [0.3, 0.4) is 0 Å². The van der Waals surface area contributed by atoms with E-state index in [0.29, 0.717) is 37.3 Å². The van der Waals surface area contributed by atoms with Crippen molar-refractivity contribution in [2.45, 2.75) is 12.8 Å². The molecule has 2 aromatic rings. The number of likely N-dealkylation sites (N-methyl/N-ethyl adjacent to an activating group) is 1. The number of anilines is 2. The maximum absolute atomic E-state index is 13.0. The molecular formula is C22H25FN4O3. The lowest BCUT2D eigenvalue weighted by Crippen LogP contribution is -2.48. The van der Waals surface area contributed by atoms with Crippen LogP contribution >= 0.6 is 0 Å². The van der Waals surface area contributed by atoms with Crippen LogP contribution in [-0.2, 0) is 9.59 Å². The van der Waals surface area contributed by atoms with Crippen molar-refractivity contribution in [1.82, 2.24) is 9.80 Å². The van der Waals surface area contributed by atoms with Gasteiger partial charge in [0, 0.05) is 31.5 Å². The van der Waals surface area contributed by atoms with Gasteiger partial charge in [-0.05, 0) is 49.2 Å². The molecule has 1 saturated heterocycles. The van der Waals surface area contributed by atoms with Gasteiger partial charge < -0.3 is 20.4 Å². The van der Waals surface area contributed by atoms with Gasteiger partial charge in [-0.1, -0.05) is 18.2 Å². The highest BCUT2D eigenvalue weighted by molar-refractivity contribution is 5.95. The lowest BCUT2D eigenvalue weighted by Gasteiger charge is -2.33. The van der Waals surface area contributed by atoms with E-state index in [2.05, 4.69) is 10.6 Å². The fourth-order valence-corrected chi connectivity index (χ4v) is 3.43. The topological polar surface area (TPSA) is 81.8 Å². The average Bonchev–Trinajstić information content (AvgIpc) is 2.75. The number of nitrogens with zero attached hydrogens (tertiary/aromatic N) is 2. The molecular weight excluding hydrogens is 387 g/mol. The molecule has 1 aliphatic heterocycles. The molecule has 0 spiro atoms. The predicted molar refractivity (Wildman–Crippen MR) is 112 cm³/mol. The SMILES string of the molecule is CN(CC(=O)Nc1ccc(F)cc1)C(=O)[C@@H]1CCCN(C(=O)Nc2ccccc2)C1. The Labute approximate surface area is 174 Å². The van der Waals surface area contributed by atoms with Gasteiger partial charge in [0.25, 0.3) is 0 Å². The molecule has 4 amide bonds. The first kappa shape index (κ1) is 21.3. The highest BCUT2D eigenvalue weighted by Crippen LogP contribution is 2.20. The molecule has 0 bridgehead atoms. The van der Waals surface area contributed by atoms with Crippen LogP contribution in [0.1, 0.15) is 12.8 Å². The van der Waals surface area contributed by atoms with E-state index in [4.69, 9.17) is 0 Å². The number of halogens is 1. The Balaban J connectivity index is 1.51. The fraction of sp³-hybridized carbons (Fsp3) is 0.318. The number of rotatable bonds is 5. The van der Waals surface area contributed by atoms with Crippen molar-refractivity contribution in [3.8, 4) is 0 Å². The summed E-state index contributed by atoms with van der Waals surface area (Å²) in [5.74, 6) is -1.30. The summed E-state index contributed by atoms with van der Waals surface area (Å²) in [6.07, 6.45) is 1.38. The Morgan fingerprint density at radius 3 is 2.40 bits per heavy atom. The third kappa shape index (κ3) is 5.79. The minimum Gasteiger partial charge on any atom is -0.336 e. The summed E-state index contributed by atoms with van der Waals surface area (Å²) >= 11 is 0. The van der Waals surface area contributed by atoms with Gasteiger partial charge in [0.1, 0.15) is 5.82 Å². The number of amides is 4. The maximum atomic E-state index is 13.0. The first-order valence-corrected chi connectivity index (χ1v) is 9.84. The van der Waals surface area contributed by atoms with E-state index in [-0.39, 0.29) is 30.3 Å². The van der Waals surface area contributed by atoms with Crippen molar-refractivity contribution in [1.29, 1.82) is 0 Å². The van der Waals surface area contributed by atoms with Gasteiger partial charge in [0.05, 0.1) is 12.5 Å². The van der Waals surface area contributed by atoms with E-state index >= 15 is 0 Å². The predicted octanol–water partition coefficient (Wildman–Crippen LogP) is 3.17. The largest absolute Gasteiger partial charge is 0.336 e. The van der Waals surface area contributed by atoms with Crippen molar-refractivity contribution in [3.05, 3.63) is 60.4 Å². The van der Waals surface area contributed by atoms with Crippen LogP contribution in [0.15, 0.2) is 54.6 Å². The van der Waals surface area contributed by atoms with E-state index in [1.165, 1.54) is 29.2 Å². The van der Waals surface area contributed by atoms with Crippen LogP contribution in [-0.4, -0.2) is 54.3 Å². The summed E-state index contributed by atoms with van der Waals surface area (Å²) in [5, 5.41) is 5.47. The minimum atomic E-state index is -0.390. The second-order valence-electron chi connectivity index (χ2n) is 7.33. The van der Waals surface area contributed by atoms with E-state index in [1.54, 1.807) is 24.1 Å². The van der Waals surface area contributed by atoms with Gasteiger partial charge in [-0.15, -0.1) is 0 Å². The number of carbonyl (C=O) groups excluding carboxylic acids is 3. The fourth-order valence-electron chi connectivity index (χ4n) is 3.43. The van der Waals surface area contributed by atoms with Crippen molar-refractivity contribution < 1.29 is 18.8 Å².